The van der Waals surface area contributed by atoms with Gasteiger partial charge in [0.05, 0.1) is 0 Å². The molecule has 2 rings (SSSR count). The van der Waals surface area contributed by atoms with Crippen molar-refractivity contribution in [2.75, 3.05) is 13.2 Å². The minimum absolute atomic E-state index is 0. The van der Waals surface area contributed by atoms with Crippen molar-refractivity contribution in [3.8, 4) is 0 Å². The predicted octanol–water partition coefficient (Wildman–Crippen LogP) is 2.68. The smallest absolute Gasteiger partial charge is 0.251 e. The quantitative estimate of drug-likeness (QED) is 0.879. The number of carbonyl (C=O) groups is 1. The molecule has 0 aromatic heterocycles. The van der Waals surface area contributed by atoms with Crippen LogP contribution in [0.4, 0.5) is 0 Å². The monoisotopic (exact) mass is 261 g/mol. The van der Waals surface area contributed by atoms with Crippen molar-refractivity contribution < 1.29 is 6.22 Å². The van der Waals surface area contributed by atoms with E-state index in [-0.39, 0.29) is 7.33 Å². The van der Waals surface area contributed by atoms with Crippen molar-refractivity contribution >= 4 is 17.7 Å². The van der Waals surface area contributed by atoms with Crippen LogP contribution in [0.3, 0.4) is 0 Å². The van der Waals surface area contributed by atoms with Crippen LogP contribution in [0.5, 0.6) is 0 Å². The van der Waals surface area contributed by atoms with Gasteiger partial charge in [-0.05, 0) is 24.6 Å². The molecule has 0 radical (unpaired) electrons. The van der Waals surface area contributed by atoms with E-state index < -0.39 is 0 Å². The van der Waals surface area contributed by atoms with Gasteiger partial charge in [0, 0.05) is 31.5 Å². The minimum atomic E-state index is -0.0457. The molecule has 4 nitrogen and oxygen atoms in total. The number of nitrogens with one attached hydrogen (secondary N) is 2. The molecule has 0 saturated carbocycles. The molecular formula is C15H23N3O. The molecule has 1 heterocycles. The van der Waals surface area contributed by atoms with Gasteiger partial charge in [-0.15, -0.1) is 0 Å². The second-order valence-corrected chi connectivity index (χ2v) is 3.71. The lowest BCUT2D eigenvalue weighted by atomic mass is 10.0. The Morgan fingerprint density at radius 1 is 1.47 bits per heavy atom. The average molecular weight is 261 g/mol. The largest absolute Gasteiger partial charge is 0.372 e. The van der Waals surface area contributed by atoms with Gasteiger partial charge in [0.1, 0.15) is 6.67 Å². The fourth-order valence-corrected chi connectivity index (χ4v) is 1.65. The van der Waals surface area contributed by atoms with E-state index in [0.717, 1.165) is 11.1 Å². The molecule has 1 aromatic rings. The molecule has 1 aliphatic rings. The molecule has 0 saturated heterocycles. The third-order valence-corrected chi connectivity index (χ3v) is 2.47. The number of carbonyl (C=O) groups excluding carboxylic acids is 1. The van der Waals surface area contributed by atoms with E-state index in [9.17, 15) is 4.79 Å². The van der Waals surface area contributed by atoms with E-state index in [4.69, 9.17) is 0 Å². The molecule has 0 unspecified atom stereocenters. The Morgan fingerprint density at radius 2 is 2.26 bits per heavy atom. The van der Waals surface area contributed by atoms with Crippen molar-refractivity contribution in [1.82, 2.24) is 10.6 Å². The molecular weight excluding hydrogens is 238 g/mol. The summed E-state index contributed by atoms with van der Waals surface area (Å²) < 4.78 is 0. The molecule has 0 fully saturated rings. The first-order valence-electron chi connectivity index (χ1n) is 6.63. The fraction of sp³-hybridized carbons (Fsp3) is 0.333. The molecule has 2 N–H and O–H groups in total. The molecule has 104 valence electrons. The maximum atomic E-state index is 11.7. The molecule has 0 aliphatic carbocycles. The first kappa shape index (κ1) is 15.0. The van der Waals surface area contributed by atoms with E-state index >= 15 is 0 Å². The first-order valence-corrected chi connectivity index (χ1v) is 6.63. The Balaban J connectivity index is 0.00000115. The van der Waals surface area contributed by atoms with E-state index in [1.54, 1.807) is 0 Å². The Bertz CT molecular complexity index is 484. The van der Waals surface area contributed by atoms with Crippen LogP contribution in [0.25, 0.3) is 5.57 Å². The molecule has 1 aromatic carbocycles. The number of aliphatic imine (C=N–C) groups is 1. The Morgan fingerprint density at radius 3 is 2.89 bits per heavy atom. The molecule has 0 bridgehead atoms. The van der Waals surface area contributed by atoms with Crippen molar-refractivity contribution in [2.24, 2.45) is 4.99 Å². The zero-order chi connectivity index (χ0) is 14.1. The Kier molecular flexibility index (Phi) is 6.36. The molecule has 1 aliphatic heterocycles. The van der Waals surface area contributed by atoms with Gasteiger partial charge >= 0.3 is 0 Å². The number of rotatable bonds is 3. The van der Waals surface area contributed by atoms with Crippen LogP contribution in [0.2, 0.25) is 0 Å². The molecule has 0 atom stereocenters. The highest BCUT2D eigenvalue weighted by Gasteiger charge is 2.07. The third-order valence-electron chi connectivity index (χ3n) is 2.47. The van der Waals surface area contributed by atoms with Gasteiger partial charge in [-0.3, -0.25) is 9.79 Å². The minimum Gasteiger partial charge on any atom is -0.372 e. The normalized spacial score (nSPS) is 12.7. The van der Waals surface area contributed by atoms with Crippen LogP contribution < -0.4 is 10.6 Å². The Hall–Kier alpha value is -2.10. The standard InChI is InChI=1S/C13H15N3O.C2H6.H2/c1-2-16-13(17)11-5-3-4-10(6-11)12-7-14-9-15-8-12;1-2;/h3-8,14H,2,9H2,1H3,(H,16,17);1-2H3;1H. The van der Waals surface area contributed by atoms with Crippen LogP contribution in [-0.4, -0.2) is 25.3 Å². The van der Waals surface area contributed by atoms with Crippen molar-refractivity contribution in [1.29, 1.82) is 0 Å². The van der Waals surface area contributed by atoms with Gasteiger partial charge in [-0.2, -0.15) is 0 Å². The highest BCUT2D eigenvalue weighted by Crippen LogP contribution is 2.15. The number of amides is 1. The first-order chi connectivity index (χ1) is 9.31. The van der Waals surface area contributed by atoms with Crippen LogP contribution >= 0.6 is 0 Å². The summed E-state index contributed by atoms with van der Waals surface area (Å²) in [5.41, 5.74) is 2.65. The molecule has 0 spiro atoms. The highest BCUT2D eigenvalue weighted by atomic mass is 16.1. The van der Waals surface area contributed by atoms with Crippen LogP contribution in [-0.2, 0) is 0 Å². The second-order valence-electron chi connectivity index (χ2n) is 3.71. The molecule has 1 amide bonds. The van der Waals surface area contributed by atoms with E-state index in [1.165, 1.54) is 0 Å². The predicted molar refractivity (Wildman–Crippen MR) is 82.4 cm³/mol. The van der Waals surface area contributed by atoms with Gasteiger partial charge < -0.3 is 10.6 Å². The lowest BCUT2D eigenvalue weighted by Gasteiger charge is -2.09. The number of benzene rings is 1. The lowest BCUT2D eigenvalue weighted by Crippen LogP contribution is -2.22. The topological polar surface area (TPSA) is 53.5 Å². The maximum Gasteiger partial charge on any atom is 0.251 e. The Labute approximate surface area is 116 Å². The summed E-state index contributed by atoms with van der Waals surface area (Å²) in [6.45, 7) is 7.15. The fourth-order valence-electron chi connectivity index (χ4n) is 1.65. The number of nitrogens with zero attached hydrogens (tertiary/aromatic N) is 1. The van der Waals surface area contributed by atoms with Crippen molar-refractivity contribution in [2.45, 2.75) is 20.8 Å². The summed E-state index contributed by atoms with van der Waals surface area (Å²) in [6.07, 6.45) is 3.72. The lowest BCUT2D eigenvalue weighted by molar-refractivity contribution is 0.0956. The van der Waals surface area contributed by atoms with Crippen molar-refractivity contribution in [3.05, 3.63) is 41.6 Å². The van der Waals surface area contributed by atoms with Crippen LogP contribution in [0.1, 0.15) is 38.1 Å². The highest BCUT2D eigenvalue weighted by molar-refractivity contribution is 6.10. The number of hydrogen-bond acceptors (Lipinski definition) is 3. The average Bonchev–Trinajstić information content (AvgIpc) is 2.50. The SMILES string of the molecule is CC.CCNC(=O)c1cccc(C2=CNCN=C2)c1.[HH]. The van der Waals surface area contributed by atoms with Gasteiger partial charge in [0.15, 0.2) is 0 Å². The summed E-state index contributed by atoms with van der Waals surface area (Å²) in [5.74, 6) is -0.0457. The van der Waals surface area contributed by atoms with Gasteiger partial charge in [0.2, 0.25) is 0 Å². The zero-order valence-electron chi connectivity index (χ0n) is 11.7. The molecule has 4 heteroatoms. The maximum absolute atomic E-state index is 11.7. The van der Waals surface area contributed by atoms with E-state index in [0.29, 0.717) is 18.8 Å². The van der Waals surface area contributed by atoms with E-state index in [1.807, 2.05) is 57.5 Å². The number of allylic oxidation sites excluding steroid dienone is 1. The second kappa shape index (κ2) is 8.08. The van der Waals surface area contributed by atoms with Crippen LogP contribution in [0.15, 0.2) is 35.5 Å². The third kappa shape index (κ3) is 4.25. The van der Waals surface area contributed by atoms with Crippen molar-refractivity contribution in [3.63, 3.8) is 0 Å². The van der Waals surface area contributed by atoms with Gasteiger partial charge in [-0.1, -0.05) is 26.0 Å². The number of hydrogen-bond donors (Lipinski definition) is 2. The summed E-state index contributed by atoms with van der Waals surface area (Å²) in [5, 5.41) is 5.83. The van der Waals surface area contributed by atoms with Gasteiger partial charge in [0.25, 0.3) is 5.91 Å². The summed E-state index contributed by atoms with van der Waals surface area (Å²) in [7, 11) is 0. The van der Waals surface area contributed by atoms with E-state index in [2.05, 4.69) is 15.6 Å². The summed E-state index contributed by atoms with van der Waals surface area (Å²) in [6, 6.07) is 7.52. The van der Waals surface area contributed by atoms with Gasteiger partial charge in [-0.25, -0.2) is 0 Å². The molecule has 19 heavy (non-hydrogen) atoms. The summed E-state index contributed by atoms with van der Waals surface area (Å²) in [4.78, 5) is 15.8. The zero-order valence-corrected chi connectivity index (χ0v) is 11.7. The summed E-state index contributed by atoms with van der Waals surface area (Å²) >= 11 is 0. The van der Waals surface area contributed by atoms with Crippen LogP contribution in [0, 0.1) is 0 Å².